The van der Waals surface area contributed by atoms with Crippen LogP contribution in [0.15, 0.2) is 29.1 Å². The molecule has 154 valence electrons. The second-order valence-electron chi connectivity index (χ2n) is 6.25. The molecule has 0 atom stereocenters. The number of hydrogen-bond acceptors (Lipinski definition) is 6. The zero-order chi connectivity index (χ0) is 20.8. The third kappa shape index (κ3) is 5.35. The Balaban J connectivity index is 2.04. The van der Waals surface area contributed by atoms with Gasteiger partial charge in [0.05, 0.1) is 30.4 Å². The van der Waals surface area contributed by atoms with E-state index in [0.29, 0.717) is 46.1 Å². The van der Waals surface area contributed by atoms with Crippen LogP contribution in [0.5, 0.6) is 0 Å². The van der Waals surface area contributed by atoms with Crippen molar-refractivity contribution in [2.75, 3.05) is 32.9 Å². The van der Waals surface area contributed by atoms with Gasteiger partial charge in [0.25, 0.3) is 5.56 Å². The Hall–Kier alpha value is -2.42. The summed E-state index contributed by atoms with van der Waals surface area (Å²) in [6.45, 7) is 3.66. The van der Waals surface area contributed by atoms with Gasteiger partial charge in [0, 0.05) is 18.1 Å². The fraction of sp³-hybridized carbons (Fsp3) is 0.350. The SMILES string of the molecule is CCOC(=O)/C=c1\s/c(=C\c2ccccc2Cl)c(=O)n1CC(=O)N1CCOCC1. The highest BCUT2D eigenvalue weighted by Crippen LogP contribution is 2.15. The normalized spacial score (nSPS) is 15.6. The highest BCUT2D eigenvalue weighted by molar-refractivity contribution is 7.07. The van der Waals surface area contributed by atoms with Crippen LogP contribution in [0.1, 0.15) is 12.5 Å². The molecule has 0 aliphatic carbocycles. The lowest BCUT2D eigenvalue weighted by molar-refractivity contribution is -0.136. The van der Waals surface area contributed by atoms with Gasteiger partial charge in [-0.05, 0) is 24.6 Å². The van der Waals surface area contributed by atoms with Gasteiger partial charge >= 0.3 is 5.97 Å². The van der Waals surface area contributed by atoms with Gasteiger partial charge < -0.3 is 14.4 Å². The minimum absolute atomic E-state index is 0.156. The predicted molar refractivity (Wildman–Crippen MR) is 111 cm³/mol. The maximum absolute atomic E-state index is 13.0. The Labute approximate surface area is 176 Å². The number of carbonyl (C=O) groups excluding carboxylic acids is 2. The minimum atomic E-state index is -0.564. The first kappa shape index (κ1) is 21.3. The van der Waals surface area contributed by atoms with Crippen LogP contribution in [0.3, 0.4) is 0 Å². The molecule has 0 spiro atoms. The number of hydrogen-bond donors (Lipinski definition) is 0. The molecule has 2 heterocycles. The van der Waals surface area contributed by atoms with Crippen LogP contribution in [0.2, 0.25) is 5.02 Å². The van der Waals surface area contributed by atoms with Gasteiger partial charge in [-0.3, -0.25) is 14.2 Å². The Bertz CT molecular complexity index is 1070. The average Bonchev–Trinajstić information content (AvgIpc) is 2.99. The summed E-state index contributed by atoms with van der Waals surface area (Å²) < 4.78 is 12.3. The van der Waals surface area contributed by atoms with Gasteiger partial charge in [-0.25, -0.2) is 4.79 Å². The van der Waals surface area contributed by atoms with Crippen LogP contribution < -0.4 is 14.8 Å². The van der Waals surface area contributed by atoms with Crippen LogP contribution in [0, 0.1) is 0 Å². The molecule has 0 unspecified atom stereocenters. The number of nitrogens with zero attached hydrogens (tertiary/aromatic N) is 2. The monoisotopic (exact) mass is 436 g/mol. The molecule has 29 heavy (non-hydrogen) atoms. The number of halogens is 1. The van der Waals surface area contributed by atoms with Crippen LogP contribution in [-0.2, 0) is 25.6 Å². The summed E-state index contributed by atoms with van der Waals surface area (Å²) in [5, 5.41) is 0.507. The van der Waals surface area contributed by atoms with E-state index in [1.807, 2.05) is 6.07 Å². The number of carbonyl (C=O) groups is 2. The van der Waals surface area contributed by atoms with Crippen molar-refractivity contribution < 1.29 is 19.1 Å². The first-order valence-electron chi connectivity index (χ1n) is 9.19. The van der Waals surface area contributed by atoms with Crippen molar-refractivity contribution in [2.45, 2.75) is 13.5 Å². The van der Waals surface area contributed by atoms with Crippen molar-refractivity contribution in [1.82, 2.24) is 9.47 Å². The van der Waals surface area contributed by atoms with E-state index in [1.54, 1.807) is 36.1 Å². The molecule has 3 rings (SSSR count). The summed E-state index contributed by atoms with van der Waals surface area (Å²) in [6.07, 6.45) is 2.90. The fourth-order valence-electron chi connectivity index (χ4n) is 2.86. The van der Waals surface area contributed by atoms with Crippen molar-refractivity contribution in [3.63, 3.8) is 0 Å². The summed E-state index contributed by atoms with van der Waals surface area (Å²) in [6, 6.07) is 7.14. The molecule has 2 aromatic rings. The first-order valence-corrected chi connectivity index (χ1v) is 10.4. The molecule has 1 aliphatic heterocycles. The molecule has 9 heteroatoms. The van der Waals surface area contributed by atoms with E-state index in [-0.39, 0.29) is 24.6 Å². The van der Waals surface area contributed by atoms with Gasteiger partial charge in [-0.15, -0.1) is 11.3 Å². The number of rotatable bonds is 5. The van der Waals surface area contributed by atoms with Gasteiger partial charge in [-0.1, -0.05) is 29.8 Å². The molecule has 1 amide bonds. The number of benzene rings is 1. The molecule has 1 aromatic heterocycles. The molecule has 1 saturated heterocycles. The minimum Gasteiger partial charge on any atom is -0.463 e. The molecule has 1 fully saturated rings. The van der Waals surface area contributed by atoms with Crippen molar-refractivity contribution in [3.8, 4) is 0 Å². The molecule has 1 aliphatic rings. The highest BCUT2D eigenvalue weighted by Gasteiger charge is 2.19. The first-order chi connectivity index (χ1) is 14.0. The van der Waals surface area contributed by atoms with E-state index in [2.05, 4.69) is 0 Å². The molecule has 0 radical (unpaired) electrons. The number of morpholine rings is 1. The molecule has 0 saturated carbocycles. The highest BCUT2D eigenvalue weighted by atomic mass is 35.5. The van der Waals surface area contributed by atoms with Gasteiger partial charge in [0.1, 0.15) is 11.2 Å². The number of aromatic nitrogens is 1. The molecular formula is C20H21ClN2O5S. The van der Waals surface area contributed by atoms with E-state index < -0.39 is 5.97 Å². The lowest BCUT2D eigenvalue weighted by Gasteiger charge is -2.26. The molecular weight excluding hydrogens is 416 g/mol. The van der Waals surface area contributed by atoms with Crippen LogP contribution in [0.4, 0.5) is 0 Å². The lowest BCUT2D eigenvalue weighted by atomic mass is 10.2. The molecule has 7 nitrogen and oxygen atoms in total. The summed E-state index contributed by atoms with van der Waals surface area (Å²) >= 11 is 7.31. The summed E-state index contributed by atoms with van der Waals surface area (Å²) in [7, 11) is 0. The van der Waals surface area contributed by atoms with Crippen LogP contribution >= 0.6 is 22.9 Å². The number of esters is 1. The van der Waals surface area contributed by atoms with Gasteiger partial charge in [-0.2, -0.15) is 0 Å². The quantitative estimate of drug-likeness (QED) is 0.641. The standard InChI is InChI=1S/C20H21ClN2O5S/c1-2-28-19(25)12-18-23(13-17(24)22-7-9-27-10-8-22)20(26)16(29-18)11-14-5-3-4-6-15(14)21/h3-6,11-12H,2,7-10,13H2,1H3/b16-11-,18-12-. The lowest BCUT2D eigenvalue weighted by Crippen LogP contribution is -2.45. The zero-order valence-electron chi connectivity index (χ0n) is 15.9. The van der Waals surface area contributed by atoms with E-state index in [4.69, 9.17) is 21.1 Å². The zero-order valence-corrected chi connectivity index (χ0v) is 17.5. The largest absolute Gasteiger partial charge is 0.463 e. The predicted octanol–water partition coefficient (Wildman–Crippen LogP) is 0.594. The number of amides is 1. The summed E-state index contributed by atoms with van der Waals surface area (Å²) in [5.41, 5.74) is 0.328. The molecule has 1 aromatic carbocycles. The molecule has 0 N–H and O–H groups in total. The Morgan fingerprint density at radius 3 is 2.69 bits per heavy atom. The van der Waals surface area contributed by atoms with E-state index in [1.165, 1.54) is 10.6 Å². The van der Waals surface area contributed by atoms with Crippen LogP contribution in [-0.4, -0.2) is 54.3 Å². The van der Waals surface area contributed by atoms with Crippen LogP contribution in [0.25, 0.3) is 12.2 Å². The van der Waals surface area contributed by atoms with Crippen molar-refractivity contribution >= 4 is 47.0 Å². The number of thiazole rings is 1. The van der Waals surface area contributed by atoms with Crippen molar-refractivity contribution in [1.29, 1.82) is 0 Å². The second kappa shape index (κ2) is 9.87. The average molecular weight is 437 g/mol. The van der Waals surface area contributed by atoms with Gasteiger partial charge in [0.2, 0.25) is 5.91 Å². The third-order valence-corrected chi connectivity index (χ3v) is 5.72. The third-order valence-electron chi connectivity index (χ3n) is 4.31. The maximum Gasteiger partial charge on any atom is 0.333 e. The second-order valence-corrected chi connectivity index (χ2v) is 7.72. The maximum atomic E-state index is 13.0. The Kier molecular flexibility index (Phi) is 7.24. The molecule has 0 bridgehead atoms. The van der Waals surface area contributed by atoms with Crippen molar-refractivity contribution in [3.05, 3.63) is 54.4 Å². The number of ether oxygens (including phenoxy) is 2. The fourth-order valence-corrected chi connectivity index (χ4v) is 4.07. The van der Waals surface area contributed by atoms with E-state index in [0.717, 1.165) is 11.3 Å². The topological polar surface area (TPSA) is 77.8 Å². The Morgan fingerprint density at radius 1 is 1.28 bits per heavy atom. The van der Waals surface area contributed by atoms with Crippen molar-refractivity contribution in [2.24, 2.45) is 0 Å². The summed E-state index contributed by atoms with van der Waals surface area (Å²) in [5.74, 6) is -0.762. The van der Waals surface area contributed by atoms with E-state index in [9.17, 15) is 14.4 Å². The van der Waals surface area contributed by atoms with Gasteiger partial charge in [0.15, 0.2) is 0 Å². The van der Waals surface area contributed by atoms with E-state index >= 15 is 0 Å². The summed E-state index contributed by atoms with van der Waals surface area (Å²) in [4.78, 5) is 39.3. The Morgan fingerprint density at radius 2 is 2.00 bits per heavy atom. The smallest absolute Gasteiger partial charge is 0.333 e.